The molecule has 1 atom stereocenters. The molecule has 2 aromatic rings. The van der Waals surface area contributed by atoms with E-state index >= 15 is 0 Å². The van der Waals surface area contributed by atoms with Crippen LogP contribution in [0.4, 0.5) is 11.4 Å². The van der Waals surface area contributed by atoms with Crippen LogP contribution in [0.15, 0.2) is 42.5 Å². The maximum absolute atomic E-state index is 12.3. The van der Waals surface area contributed by atoms with Crippen LogP contribution in [-0.2, 0) is 4.79 Å². The minimum absolute atomic E-state index is 0.183. The van der Waals surface area contributed by atoms with Gasteiger partial charge in [-0.1, -0.05) is 23.7 Å². The first-order chi connectivity index (χ1) is 11.0. The number of carbonyl (C=O) groups excluding carboxylic acids is 1. The lowest BCUT2D eigenvalue weighted by atomic mass is 10.2. The molecule has 23 heavy (non-hydrogen) atoms. The van der Waals surface area contributed by atoms with E-state index < -0.39 is 6.04 Å². The molecule has 2 aromatic carbocycles. The number of hydrogen-bond donors (Lipinski definition) is 2. The Morgan fingerprint density at radius 2 is 1.78 bits per heavy atom. The molecule has 0 radical (unpaired) electrons. The molecule has 122 valence electrons. The van der Waals surface area contributed by atoms with Crippen molar-refractivity contribution in [2.24, 2.45) is 0 Å². The molecule has 0 aromatic heterocycles. The third-order valence-electron chi connectivity index (χ3n) is 3.29. The third kappa shape index (κ3) is 4.29. The summed E-state index contributed by atoms with van der Waals surface area (Å²) in [6.07, 6.45) is 0. The van der Waals surface area contributed by atoms with Crippen molar-refractivity contribution in [3.63, 3.8) is 0 Å². The molecule has 0 aliphatic rings. The van der Waals surface area contributed by atoms with Gasteiger partial charge in [0.2, 0.25) is 5.91 Å². The number of nitrogens with one attached hydrogen (secondary N) is 2. The Kier molecular flexibility index (Phi) is 5.71. The number of carbonyl (C=O) groups is 1. The Labute approximate surface area is 140 Å². The van der Waals surface area contributed by atoms with Crippen LogP contribution in [0, 0.1) is 0 Å². The zero-order chi connectivity index (χ0) is 16.8. The number of halogens is 1. The first-order valence-electron chi connectivity index (χ1n) is 7.09. The standard InChI is InChI=1S/C17H19ClN2O3/c1-11(19-14-6-4-5-7-16(14)23-3)17(21)20-12-8-9-15(22-2)13(18)10-12/h4-11,19H,1-3H3,(H,20,21)/t11-/m0/s1. The van der Waals surface area contributed by atoms with Crippen LogP contribution >= 0.6 is 11.6 Å². The molecule has 0 fully saturated rings. The van der Waals surface area contributed by atoms with E-state index in [1.54, 1.807) is 39.3 Å². The molecule has 2 rings (SSSR count). The minimum atomic E-state index is -0.452. The van der Waals surface area contributed by atoms with Crippen LogP contribution in [0.5, 0.6) is 11.5 Å². The number of benzene rings is 2. The van der Waals surface area contributed by atoms with Gasteiger partial charge in [0.25, 0.3) is 0 Å². The quantitative estimate of drug-likeness (QED) is 0.843. The van der Waals surface area contributed by atoms with Crippen molar-refractivity contribution in [1.82, 2.24) is 0 Å². The summed E-state index contributed by atoms with van der Waals surface area (Å²) < 4.78 is 10.3. The molecule has 0 aliphatic carbocycles. The van der Waals surface area contributed by atoms with Crippen molar-refractivity contribution in [1.29, 1.82) is 0 Å². The number of para-hydroxylation sites is 2. The SMILES string of the molecule is COc1ccc(NC(=O)[C@H](C)Nc2ccccc2OC)cc1Cl. The van der Waals surface area contributed by atoms with E-state index in [1.165, 1.54) is 0 Å². The van der Waals surface area contributed by atoms with E-state index in [9.17, 15) is 4.79 Å². The zero-order valence-electron chi connectivity index (χ0n) is 13.2. The van der Waals surface area contributed by atoms with Gasteiger partial charge in [-0.2, -0.15) is 0 Å². The average Bonchev–Trinajstić information content (AvgIpc) is 2.55. The van der Waals surface area contributed by atoms with Crippen molar-refractivity contribution in [2.45, 2.75) is 13.0 Å². The Balaban J connectivity index is 2.04. The van der Waals surface area contributed by atoms with Crippen LogP contribution in [0.3, 0.4) is 0 Å². The predicted octanol–water partition coefficient (Wildman–Crippen LogP) is 3.80. The second-order valence-electron chi connectivity index (χ2n) is 4.90. The topological polar surface area (TPSA) is 59.6 Å². The van der Waals surface area contributed by atoms with E-state index in [0.717, 1.165) is 5.69 Å². The molecule has 0 heterocycles. The van der Waals surface area contributed by atoms with Crippen LogP contribution < -0.4 is 20.1 Å². The van der Waals surface area contributed by atoms with Crippen LogP contribution in [0.1, 0.15) is 6.92 Å². The zero-order valence-corrected chi connectivity index (χ0v) is 14.0. The highest BCUT2D eigenvalue weighted by atomic mass is 35.5. The number of amides is 1. The lowest BCUT2D eigenvalue weighted by molar-refractivity contribution is -0.116. The number of ether oxygens (including phenoxy) is 2. The van der Waals surface area contributed by atoms with E-state index in [1.807, 2.05) is 24.3 Å². The fourth-order valence-electron chi connectivity index (χ4n) is 2.06. The molecular formula is C17H19ClN2O3. The van der Waals surface area contributed by atoms with Gasteiger partial charge < -0.3 is 20.1 Å². The van der Waals surface area contributed by atoms with Crippen molar-refractivity contribution in [2.75, 3.05) is 24.9 Å². The van der Waals surface area contributed by atoms with Crippen LogP contribution in [0.2, 0.25) is 5.02 Å². The molecule has 1 amide bonds. The molecule has 0 spiro atoms. The first kappa shape index (κ1) is 17.0. The lowest BCUT2D eigenvalue weighted by Crippen LogP contribution is -2.32. The van der Waals surface area contributed by atoms with Gasteiger partial charge in [0, 0.05) is 5.69 Å². The minimum Gasteiger partial charge on any atom is -0.495 e. The molecule has 0 saturated carbocycles. The van der Waals surface area contributed by atoms with Gasteiger partial charge in [-0.05, 0) is 37.3 Å². The van der Waals surface area contributed by atoms with Crippen molar-refractivity contribution in [3.05, 3.63) is 47.5 Å². The van der Waals surface area contributed by atoms with Gasteiger partial charge in [-0.15, -0.1) is 0 Å². The summed E-state index contributed by atoms with van der Waals surface area (Å²) in [4.78, 5) is 12.3. The highest BCUT2D eigenvalue weighted by molar-refractivity contribution is 6.32. The maximum atomic E-state index is 12.3. The number of anilines is 2. The largest absolute Gasteiger partial charge is 0.495 e. The molecular weight excluding hydrogens is 316 g/mol. The monoisotopic (exact) mass is 334 g/mol. The Morgan fingerprint density at radius 3 is 2.43 bits per heavy atom. The van der Waals surface area contributed by atoms with E-state index in [0.29, 0.717) is 22.2 Å². The summed E-state index contributed by atoms with van der Waals surface area (Å²) in [5.74, 6) is 1.06. The van der Waals surface area contributed by atoms with Crippen molar-refractivity contribution >= 4 is 28.9 Å². The second kappa shape index (κ2) is 7.74. The highest BCUT2D eigenvalue weighted by Crippen LogP contribution is 2.27. The van der Waals surface area contributed by atoms with Gasteiger partial charge in [-0.3, -0.25) is 4.79 Å². The number of methoxy groups -OCH3 is 2. The fraction of sp³-hybridized carbons (Fsp3) is 0.235. The molecule has 0 unspecified atom stereocenters. The average molecular weight is 335 g/mol. The summed E-state index contributed by atoms with van der Waals surface area (Å²) in [6.45, 7) is 1.77. The smallest absolute Gasteiger partial charge is 0.246 e. The highest BCUT2D eigenvalue weighted by Gasteiger charge is 2.15. The van der Waals surface area contributed by atoms with Crippen molar-refractivity contribution in [3.8, 4) is 11.5 Å². The number of hydrogen-bond acceptors (Lipinski definition) is 4. The first-order valence-corrected chi connectivity index (χ1v) is 7.47. The summed E-state index contributed by atoms with van der Waals surface area (Å²) in [6, 6.07) is 12.1. The molecule has 5 nitrogen and oxygen atoms in total. The summed E-state index contributed by atoms with van der Waals surface area (Å²) in [5, 5.41) is 6.37. The normalized spacial score (nSPS) is 11.5. The van der Waals surface area contributed by atoms with E-state index in [-0.39, 0.29) is 5.91 Å². The van der Waals surface area contributed by atoms with Gasteiger partial charge >= 0.3 is 0 Å². The molecule has 0 bridgehead atoms. The Morgan fingerprint density at radius 1 is 1.09 bits per heavy atom. The van der Waals surface area contributed by atoms with Crippen LogP contribution in [0.25, 0.3) is 0 Å². The Hall–Kier alpha value is -2.40. The van der Waals surface area contributed by atoms with Gasteiger partial charge in [0.1, 0.15) is 17.5 Å². The van der Waals surface area contributed by atoms with Crippen molar-refractivity contribution < 1.29 is 14.3 Å². The summed E-state index contributed by atoms with van der Waals surface area (Å²) in [7, 11) is 3.13. The lowest BCUT2D eigenvalue weighted by Gasteiger charge is -2.17. The number of rotatable bonds is 6. The second-order valence-corrected chi connectivity index (χ2v) is 5.31. The van der Waals surface area contributed by atoms with Gasteiger partial charge in [0.05, 0.1) is 24.9 Å². The summed E-state index contributed by atoms with van der Waals surface area (Å²) in [5.41, 5.74) is 1.36. The van der Waals surface area contributed by atoms with Gasteiger partial charge in [-0.25, -0.2) is 0 Å². The van der Waals surface area contributed by atoms with Gasteiger partial charge in [0.15, 0.2) is 0 Å². The predicted molar refractivity (Wildman–Crippen MR) is 92.7 cm³/mol. The summed E-state index contributed by atoms with van der Waals surface area (Å²) >= 11 is 6.05. The molecule has 0 aliphatic heterocycles. The molecule has 2 N–H and O–H groups in total. The maximum Gasteiger partial charge on any atom is 0.246 e. The van der Waals surface area contributed by atoms with E-state index in [4.69, 9.17) is 21.1 Å². The molecule has 6 heteroatoms. The van der Waals surface area contributed by atoms with E-state index in [2.05, 4.69) is 10.6 Å². The van der Waals surface area contributed by atoms with Crippen LogP contribution in [-0.4, -0.2) is 26.2 Å². The Bertz CT molecular complexity index is 691. The fourth-order valence-corrected chi connectivity index (χ4v) is 2.32. The molecule has 0 saturated heterocycles. The third-order valence-corrected chi connectivity index (χ3v) is 3.59.